The SMILES string of the molecule is COc1ccc(C2(c3ccc(OC)c([S+](Cc4cccc(O)c4)c4ccc(O)cc4)c3)c3ccccc3-c3ccc([S+](c4ccc(C)cc4)c4ccc(O)cc4)cc32)cc1. The Balaban J connectivity index is 1.33. The second-order valence-electron chi connectivity index (χ2n) is 14.9. The van der Waals surface area contributed by atoms with Crippen molar-refractivity contribution in [2.45, 2.75) is 42.6 Å². The van der Waals surface area contributed by atoms with E-state index in [2.05, 4.69) is 104 Å². The Bertz CT molecular complexity index is 2760. The average Bonchev–Trinajstić information content (AvgIpc) is 3.57. The van der Waals surface area contributed by atoms with E-state index >= 15 is 0 Å². The summed E-state index contributed by atoms with van der Waals surface area (Å²) in [6.45, 7) is 2.11. The first-order valence-electron chi connectivity index (χ1n) is 19.7. The van der Waals surface area contributed by atoms with Gasteiger partial charge in [-0.3, -0.25) is 0 Å². The van der Waals surface area contributed by atoms with E-state index in [1.165, 1.54) is 27.1 Å². The van der Waals surface area contributed by atoms with Gasteiger partial charge in [0, 0.05) is 11.6 Å². The van der Waals surface area contributed by atoms with Gasteiger partial charge in [-0.25, -0.2) is 0 Å². The van der Waals surface area contributed by atoms with E-state index in [-0.39, 0.29) is 17.2 Å². The molecule has 0 radical (unpaired) electrons. The predicted molar refractivity (Wildman–Crippen MR) is 242 cm³/mol. The van der Waals surface area contributed by atoms with Crippen LogP contribution in [0.5, 0.6) is 28.7 Å². The summed E-state index contributed by atoms with van der Waals surface area (Å²) < 4.78 is 11.9. The monoisotopic (exact) mass is 824 g/mol. The lowest BCUT2D eigenvalue weighted by Gasteiger charge is -2.34. The highest BCUT2D eigenvalue weighted by Gasteiger charge is 2.48. The zero-order valence-electron chi connectivity index (χ0n) is 33.5. The summed E-state index contributed by atoms with van der Waals surface area (Å²) in [5, 5.41) is 31.2. The Hall–Kier alpha value is -6.54. The predicted octanol–water partition coefficient (Wildman–Crippen LogP) is 11.8. The molecule has 3 N–H and O–H groups in total. The molecule has 9 rings (SSSR count). The first kappa shape index (κ1) is 38.9. The number of phenols is 3. The molecular weight excluding hydrogens is 781 g/mol. The maximum absolute atomic E-state index is 10.5. The molecule has 296 valence electrons. The molecule has 7 heteroatoms. The smallest absolute Gasteiger partial charge is 0.203 e. The van der Waals surface area contributed by atoms with E-state index in [1.54, 1.807) is 44.6 Å². The Labute approximate surface area is 356 Å². The molecule has 3 unspecified atom stereocenters. The largest absolute Gasteiger partial charge is 0.508 e. The fourth-order valence-corrected chi connectivity index (χ4v) is 12.8. The van der Waals surface area contributed by atoms with Crippen molar-refractivity contribution in [2.75, 3.05) is 14.2 Å². The van der Waals surface area contributed by atoms with Crippen molar-refractivity contribution in [3.63, 3.8) is 0 Å². The molecule has 0 saturated carbocycles. The number of methoxy groups -OCH3 is 2. The fourth-order valence-electron chi connectivity index (χ4n) is 8.49. The highest BCUT2D eigenvalue weighted by atomic mass is 32.2. The van der Waals surface area contributed by atoms with E-state index in [9.17, 15) is 15.3 Å². The Morgan fingerprint density at radius 2 is 1.10 bits per heavy atom. The molecule has 0 fully saturated rings. The van der Waals surface area contributed by atoms with Crippen molar-refractivity contribution in [3.8, 4) is 39.9 Å². The lowest BCUT2D eigenvalue weighted by Crippen LogP contribution is -2.29. The number of aromatic hydroxyl groups is 3. The number of aryl methyl sites for hydroxylation is 1. The second kappa shape index (κ2) is 16.3. The van der Waals surface area contributed by atoms with Gasteiger partial charge in [0.1, 0.15) is 28.8 Å². The molecule has 8 aromatic rings. The summed E-state index contributed by atoms with van der Waals surface area (Å²) in [5.74, 6) is 2.79. The minimum atomic E-state index is -0.762. The molecule has 1 aliphatic carbocycles. The molecule has 0 aromatic heterocycles. The van der Waals surface area contributed by atoms with Gasteiger partial charge in [0.2, 0.25) is 4.90 Å². The van der Waals surface area contributed by atoms with Crippen molar-refractivity contribution in [1.82, 2.24) is 0 Å². The number of ether oxygens (including phenoxy) is 2. The van der Waals surface area contributed by atoms with E-state index < -0.39 is 27.2 Å². The standard InChI is InChI=1S/C53H42O5S2/c1-35-11-22-44(23-12-35)60(45-26-18-40(55)19-27-45)46-28-29-48-47-9-4-5-10-49(47)53(50(48)33-46,37-13-20-42(57-2)21-14-37)38-15-30-51(58-3)52(32-38)59(43-24-16-39(54)17-25-43)34-36-7-6-8-41(56)31-36/h4-33H,34H2,1-3H3,(H-2,54,55,56)/p+2. The van der Waals surface area contributed by atoms with Crippen LogP contribution in [0.3, 0.4) is 0 Å². The van der Waals surface area contributed by atoms with Crippen LogP contribution in [0.15, 0.2) is 206 Å². The van der Waals surface area contributed by atoms with Crippen molar-refractivity contribution in [3.05, 3.63) is 215 Å². The maximum atomic E-state index is 10.5. The van der Waals surface area contributed by atoms with Gasteiger partial charge in [0.15, 0.2) is 25.3 Å². The number of hydrogen-bond acceptors (Lipinski definition) is 5. The molecule has 3 atom stereocenters. The molecule has 60 heavy (non-hydrogen) atoms. The van der Waals surface area contributed by atoms with Crippen molar-refractivity contribution >= 4 is 21.8 Å². The third-order valence-electron chi connectivity index (χ3n) is 11.3. The van der Waals surface area contributed by atoms with Crippen LogP contribution in [-0.4, -0.2) is 29.5 Å². The third kappa shape index (κ3) is 7.04. The first-order chi connectivity index (χ1) is 29.3. The molecule has 0 amide bonds. The van der Waals surface area contributed by atoms with Crippen LogP contribution < -0.4 is 9.47 Å². The summed E-state index contributed by atoms with van der Waals surface area (Å²) in [6.07, 6.45) is 0. The summed E-state index contributed by atoms with van der Waals surface area (Å²) >= 11 is 0. The molecule has 0 aliphatic heterocycles. The molecule has 0 spiro atoms. The number of benzene rings is 8. The van der Waals surface area contributed by atoms with Crippen molar-refractivity contribution in [1.29, 1.82) is 0 Å². The van der Waals surface area contributed by atoms with Gasteiger partial charge in [-0.2, -0.15) is 0 Å². The highest BCUT2D eigenvalue weighted by molar-refractivity contribution is 7.97. The Morgan fingerprint density at radius 3 is 1.77 bits per heavy atom. The summed E-state index contributed by atoms with van der Waals surface area (Å²) in [5.41, 5.74) is 8.28. The summed E-state index contributed by atoms with van der Waals surface area (Å²) in [4.78, 5) is 5.51. The second-order valence-corrected chi connectivity index (χ2v) is 18.9. The Morgan fingerprint density at radius 1 is 0.483 bits per heavy atom. The molecule has 8 aromatic carbocycles. The van der Waals surface area contributed by atoms with E-state index in [0.29, 0.717) is 5.75 Å². The lowest BCUT2D eigenvalue weighted by atomic mass is 9.67. The average molecular weight is 825 g/mol. The number of fused-ring (bicyclic) bond motifs is 3. The van der Waals surface area contributed by atoms with Crippen molar-refractivity contribution in [2.24, 2.45) is 0 Å². The van der Waals surface area contributed by atoms with Crippen LogP contribution in [0.2, 0.25) is 0 Å². The van der Waals surface area contributed by atoms with Gasteiger partial charge in [-0.1, -0.05) is 72.3 Å². The first-order valence-corrected chi connectivity index (χ1v) is 22.3. The molecule has 0 saturated heterocycles. The molecular formula is C53H44O5S2+2. The zero-order chi connectivity index (χ0) is 41.4. The summed E-state index contributed by atoms with van der Waals surface area (Å²) in [7, 11) is 2.32. The molecule has 5 nitrogen and oxygen atoms in total. The zero-order valence-corrected chi connectivity index (χ0v) is 35.1. The van der Waals surface area contributed by atoms with Gasteiger partial charge in [0.25, 0.3) is 0 Å². The fraction of sp³-hybridized carbons (Fsp3) is 0.0943. The van der Waals surface area contributed by atoms with Crippen molar-refractivity contribution < 1.29 is 24.8 Å². The van der Waals surface area contributed by atoms with Gasteiger partial charge < -0.3 is 24.8 Å². The minimum absolute atomic E-state index is 0.200. The normalized spacial score (nSPS) is 15.1. The van der Waals surface area contributed by atoms with Gasteiger partial charge in [-0.15, -0.1) is 0 Å². The highest BCUT2D eigenvalue weighted by Crippen LogP contribution is 2.58. The van der Waals surface area contributed by atoms with Crippen LogP contribution in [0.25, 0.3) is 11.1 Å². The van der Waals surface area contributed by atoms with Gasteiger partial charge >= 0.3 is 0 Å². The van der Waals surface area contributed by atoms with E-state index in [4.69, 9.17) is 9.47 Å². The quantitative estimate of drug-likeness (QED) is 0.113. The van der Waals surface area contributed by atoms with E-state index in [1.807, 2.05) is 54.6 Å². The summed E-state index contributed by atoms with van der Waals surface area (Å²) in [6, 6.07) is 62.0. The van der Waals surface area contributed by atoms with Crippen LogP contribution in [0.1, 0.15) is 33.4 Å². The van der Waals surface area contributed by atoms with Crippen LogP contribution >= 0.6 is 0 Å². The molecule has 0 bridgehead atoms. The maximum Gasteiger partial charge on any atom is 0.203 e. The van der Waals surface area contributed by atoms with Gasteiger partial charge in [0.05, 0.1) is 41.4 Å². The number of phenolic OH excluding ortho intramolecular Hbond substituents is 3. The van der Waals surface area contributed by atoms with E-state index in [0.717, 1.165) is 53.3 Å². The van der Waals surface area contributed by atoms with Gasteiger partial charge in [-0.05, 0) is 149 Å². The number of rotatable bonds is 11. The third-order valence-corrected chi connectivity index (χ3v) is 15.8. The number of hydrogen-bond donors (Lipinski definition) is 3. The van der Waals surface area contributed by atoms with Crippen LogP contribution in [-0.2, 0) is 33.0 Å². The topological polar surface area (TPSA) is 79.2 Å². The van der Waals surface area contributed by atoms with Crippen LogP contribution in [0.4, 0.5) is 0 Å². The lowest BCUT2D eigenvalue weighted by molar-refractivity contribution is 0.404. The Kier molecular flexibility index (Phi) is 10.5. The minimum Gasteiger partial charge on any atom is -0.508 e. The molecule has 1 aliphatic rings. The molecule has 0 heterocycles. The van der Waals surface area contributed by atoms with Crippen LogP contribution in [0, 0.1) is 6.92 Å².